The van der Waals surface area contributed by atoms with E-state index in [4.69, 9.17) is 14.5 Å². The van der Waals surface area contributed by atoms with Crippen LogP contribution in [0.4, 0.5) is 5.69 Å². The van der Waals surface area contributed by atoms with Gasteiger partial charge in [0.2, 0.25) is 0 Å². The third-order valence-corrected chi connectivity index (χ3v) is 5.21. The lowest BCUT2D eigenvalue weighted by Crippen LogP contribution is -2.37. The number of amidine groups is 1. The molecule has 0 saturated carbocycles. The van der Waals surface area contributed by atoms with Gasteiger partial charge in [-0.15, -0.1) is 0 Å². The van der Waals surface area contributed by atoms with E-state index < -0.39 is 0 Å². The smallest absolute Gasteiger partial charge is 0.260 e. The van der Waals surface area contributed by atoms with Gasteiger partial charge in [0.05, 0.1) is 13.7 Å². The lowest BCUT2D eigenvalue weighted by Gasteiger charge is -2.21. The van der Waals surface area contributed by atoms with E-state index in [2.05, 4.69) is 0 Å². The fraction of sp³-hybridized carbons (Fsp3) is 0.300. The minimum atomic E-state index is -0.0750. The highest BCUT2D eigenvalue weighted by molar-refractivity contribution is 8.14. The summed E-state index contributed by atoms with van der Waals surface area (Å²) in [4.78, 5) is 19.6. The summed E-state index contributed by atoms with van der Waals surface area (Å²) >= 11 is 1.58. The van der Waals surface area contributed by atoms with Crippen LogP contribution in [0.2, 0.25) is 0 Å². The highest BCUT2D eigenvalue weighted by Gasteiger charge is 2.33. The van der Waals surface area contributed by atoms with Crippen LogP contribution in [0.15, 0.2) is 53.5 Å². The molecule has 26 heavy (non-hydrogen) atoms. The van der Waals surface area contributed by atoms with Gasteiger partial charge in [-0.05, 0) is 44.2 Å². The number of rotatable bonds is 5. The topological polar surface area (TPSA) is 51.1 Å². The molecular weight excluding hydrogens is 348 g/mol. The Morgan fingerprint density at radius 1 is 1.27 bits per heavy atom. The molecule has 6 heteroatoms. The zero-order valence-electron chi connectivity index (χ0n) is 15.1. The predicted molar refractivity (Wildman–Crippen MR) is 106 cm³/mol. The second-order valence-electron chi connectivity index (χ2n) is 5.86. The van der Waals surface area contributed by atoms with Crippen molar-refractivity contribution in [3.05, 3.63) is 54.1 Å². The Labute approximate surface area is 158 Å². The second-order valence-corrected chi connectivity index (χ2v) is 6.85. The van der Waals surface area contributed by atoms with Crippen LogP contribution < -0.4 is 9.47 Å². The molecule has 2 aromatic rings. The van der Waals surface area contributed by atoms with Crippen LogP contribution in [-0.2, 0) is 0 Å². The minimum absolute atomic E-state index is 0.0664. The number of carbonyl (C=O) groups is 1. The summed E-state index contributed by atoms with van der Waals surface area (Å²) in [6.07, 6.45) is 0. The molecule has 0 N–H and O–H groups in total. The summed E-state index contributed by atoms with van der Waals surface area (Å²) in [6.45, 7) is 4.54. The van der Waals surface area contributed by atoms with Crippen LogP contribution in [0.3, 0.4) is 0 Å². The van der Waals surface area contributed by atoms with Crippen molar-refractivity contribution in [1.82, 2.24) is 4.90 Å². The Balaban J connectivity index is 1.94. The van der Waals surface area contributed by atoms with Crippen molar-refractivity contribution >= 4 is 28.5 Å². The molecule has 2 aromatic carbocycles. The molecule has 136 valence electrons. The first-order valence-corrected chi connectivity index (χ1v) is 9.53. The maximum absolute atomic E-state index is 13.1. The predicted octanol–water partition coefficient (Wildman–Crippen LogP) is 4.36. The number of methoxy groups -OCH3 is 1. The zero-order valence-corrected chi connectivity index (χ0v) is 16.0. The summed E-state index contributed by atoms with van der Waals surface area (Å²) in [5.41, 5.74) is 1.32. The summed E-state index contributed by atoms with van der Waals surface area (Å²) in [6, 6.07) is 14.9. The van der Waals surface area contributed by atoms with Gasteiger partial charge < -0.3 is 9.47 Å². The number of thioether (sulfide) groups is 1. The number of aliphatic imine (C=N–C) groups is 1. The third-order valence-electron chi connectivity index (χ3n) is 4.02. The Morgan fingerprint density at radius 2 is 2.08 bits per heavy atom. The molecule has 1 atom stereocenters. The van der Waals surface area contributed by atoms with Gasteiger partial charge >= 0.3 is 0 Å². The maximum atomic E-state index is 13.1. The summed E-state index contributed by atoms with van der Waals surface area (Å²) in [5.74, 6) is 2.12. The third kappa shape index (κ3) is 3.85. The van der Waals surface area contributed by atoms with Gasteiger partial charge in [-0.1, -0.05) is 30.0 Å². The van der Waals surface area contributed by atoms with E-state index >= 15 is 0 Å². The number of carbonyl (C=O) groups excluding carboxylic acids is 1. The molecular formula is C20H22N2O3S. The molecule has 0 aliphatic carbocycles. The number of hydrogen-bond acceptors (Lipinski definition) is 5. The highest BCUT2D eigenvalue weighted by Crippen LogP contribution is 2.33. The molecule has 3 rings (SSSR count). The summed E-state index contributed by atoms with van der Waals surface area (Å²) in [5, 5.41) is 0.692. The van der Waals surface area contributed by atoms with E-state index in [9.17, 15) is 4.79 Å². The van der Waals surface area contributed by atoms with Gasteiger partial charge in [-0.25, -0.2) is 4.99 Å². The van der Waals surface area contributed by atoms with Crippen LogP contribution in [0.25, 0.3) is 0 Å². The fourth-order valence-electron chi connectivity index (χ4n) is 2.73. The first-order valence-electron chi connectivity index (χ1n) is 8.55. The Bertz CT molecular complexity index is 822. The van der Waals surface area contributed by atoms with Crippen molar-refractivity contribution in [2.24, 2.45) is 4.99 Å². The second kappa shape index (κ2) is 8.27. The molecule has 0 unspecified atom stereocenters. The number of nitrogens with zero attached hydrogens (tertiary/aromatic N) is 2. The molecule has 1 aliphatic rings. The quantitative estimate of drug-likeness (QED) is 0.785. The van der Waals surface area contributed by atoms with Crippen LogP contribution in [0.1, 0.15) is 24.2 Å². The highest BCUT2D eigenvalue weighted by atomic mass is 32.2. The monoisotopic (exact) mass is 370 g/mol. The van der Waals surface area contributed by atoms with E-state index in [-0.39, 0.29) is 11.9 Å². The van der Waals surface area contributed by atoms with E-state index in [0.717, 1.165) is 17.2 Å². The van der Waals surface area contributed by atoms with E-state index in [1.807, 2.05) is 50.2 Å². The fourth-order valence-corrected chi connectivity index (χ4v) is 3.83. The molecule has 1 aliphatic heterocycles. The normalized spacial score (nSPS) is 18.2. The lowest BCUT2D eigenvalue weighted by atomic mass is 10.1. The van der Waals surface area contributed by atoms with E-state index in [1.165, 1.54) is 0 Å². The average Bonchev–Trinajstić information content (AvgIpc) is 3.03. The molecule has 0 radical (unpaired) electrons. The van der Waals surface area contributed by atoms with Crippen molar-refractivity contribution in [2.45, 2.75) is 19.9 Å². The van der Waals surface area contributed by atoms with Crippen molar-refractivity contribution in [1.29, 1.82) is 0 Å². The molecule has 0 bridgehead atoms. The van der Waals surface area contributed by atoms with Gasteiger partial charge in [0.1, 0.15) is 17.2 Å². The van der Waals surface area contributed by atoms with Crippen LogP contribution in [0.5, 0.6) is 11.5 Å². The van der Waals surface area contributed by atoms with Crippen molar-refractivity contribution in [3.8, 4) is 11.5 Å². The Hall–Kier alpha value is -2.47. The van der Waals surface area contributed by atoms with Crippen molar-refractivity contribution < 1.29 is 14.3 Å². The maximum Gasteiger partial charge on any atom is 0.260 e. The number of para-hydroxylation sites is 2. The van der Waals surface area contributed by atoms with Gasteiger partial charge in [0.15, 0.2) is 5.17 Å². The molecule has 1 amide bonds. The molecule has 5 nitrogen and oxygen atoms in total. The first-order chi connectivity index (χ1) is 12.6. The molecule has 1 heterocycles. The van der Waals surface area contributed by atoms with Crippen LogP contribution >= 0.6 is 11.8 Å². The largest absolute Gasteiger partial charge is 0.497 e. The van der Waals surface area contributed by atoms with Gasteiger partial charge in [0, 0.05) is 17.4 Å². The number of amides is 1. The SMILES string of the molecule is CCOc1ccccc1N=C1SC[C@@H](C)N1C(=O)c1cccc(OC)c1. The molecule has 1 fully saturated rings. The van der Waals surface area contributed by atoms with E-state index in [1.54, 1.807) is 35.9 Å². The standard InChI is InChI=1S/C20H22N2O3S/c1-4-25-18-11-6-5-10-17(18)21-20-22(14(2)13-26-20)19(23)15-8-7-9-16(12-15)24-3/h5-12,14H,4,13H2,1-3H3/t14-/m1/s1. The Morgan fingerprint density at radius 3 is 2.85 bits per heavy atom. The first kappa shape index (κ1) is 18.3. The van der Waals surface area contributed by atoms with Crippen LogP contribution in [0, 0.1) is 0 Å². The number of benzene rings is 2. The molecule has 1 saturated heterocycles. The average molecular weight is 370 g/mol. The van der Waals surface area contributed by atoms with Gasteiger partial charge in [-0.3, -0.25) is 9.69 Å². The van der Waals surface area contributed by atoms with Crippen LogP contribution in [-0.4, -0.2) is 41.5 Å². The lowest BCUT2D eigenvalue weighted by molar-refractivity contribution is 0.0828. The minimum Gasteiger partial charge on any atom is -0.497 e. The van der Waals surface area contributed by atoms with E-state index in [0.29, 0.717) is 23.1 Å². The Kier molecular flexibility index (Phi) is 5.83. The molecule has 0 aromatic heterocycles. The molecule has 0 spiro atoms. The zero-order chi connectivity index (χ0) is 18.5. The van der Waals surface area contributed by atoms with Gasteiger partial charge in [-0.2, -0.15) is 0 Å². The van der Waals surface area contributed by atoms with Crippen molar-refractivity contribution in [2.75, 3.05) is 19.5 Å². The summed E-state index contributed by atoms with van der Waals surface area (Å²) < 4.78 is 10.9. The number of hydrogen-bond donors (Lipinski definition) is 0. The number of ether oxygens (including phenoxy) is 2. The van der Waals surface area contributed by atoms with Gasteiger partial charge in [0.25, 0.3) is 5.91 Å². The van der Waals surface area contributed by atoms with Crippen molar-refractivity contribution in [3.63, 3.8) is 0 Å². The summed E-state index contributed by atoms with van der Waals surface area (Å²) in [7, 11) is 1.59.